The van der Waals surface area contributed by atoms with Crippen LogP contribution < -0.4 is 0 Å². The van der Waals surface area contributed by atoms with E-state index in [1.165, 1.54) is 6.42 Å². The third kappa shape index (κ3) is 6.16. The van der Waals surface area contributed by atoms with Crippen molar-refractivity contribution in [2.75, 3.05) is 0 Å². The zero-order chi connectivity index (χ0) is 11.5. The third-order valence-corrected chi connectivity index (χ3v) is 8.30. The van der Waals surface area contributed by atoms with Crippen molar-refractivity contribution in [3.8, 4) is 0 Å². The van der Waals surface area contributed by atoms with Gasteiger partial charge in [-0.05, 0) is 0 Å². The third-order valence-electron chi connectivity index (χ3n) is 2.31. The average Bonchev–Trinajstić information content (AvgIpc) is 1.99. The van der Waals surface area contributed by atoms with Crippen LogP contribution in [0.3, 0.4) is 0 Å². The summed E-state index contributed by atoms with van der Waals surface area (Å²) < 4.78 is 30.2. The zero-order valence-corrected chi connectivity index (χ0v) is 12.4. The molecule has 0 spiro atoms. The maximum atomic E-state index is 9.74. The second-order valence-electron chi connectivity index (χ2n) is 5.14. The summed E-state index contributed by atoms with van der Waals surface area (Å²) in [7, 11) is -1.92. The van der Waals surface area contributed by atoms with E-state index in [-0.39, 0.29) is 6.10 Å². The first-order chi connectivity index (χ1) is 6.79. The van der Waals surface area contributed by atoms with Crippen molar-refractivity contribution in [2.45, 2.75) is 57.8 Å². The van der Waals surface area contributed by atoms with E-state index in [9.17, 15) is 7.38 Å². The van der Waals surface area contributed by atoms with E-state index in [1.807, 2.05) is 19.6 Å². The van der Waals surface area contributed by atoms with Gasteiger partial charge in [-0.2, -0.15) is 0 Å². The van der Waals surface area contributed by atoms with Crippen LogP contribution in [0.15, 0.2) is 0 Å². The Balaban J connectivity index is 2.40. The van der Waals surface area contributed by atoms with Gasteiger partial charge in [0.15, 0.2) is 0 Å². The predicted octanol–water partition coefficient (Wildman–Crippen LogP) is 1.99. The van der Waals surface area contributed by atoms with Crippen molar-refractivity contribution < 1.29 is 31.8 Å². The summed E-state index contributed by atoms with van der Waals surface area (Å²) in [6.45, 7) is 5.80. The molecule has 15 heavy (non-hydrogen) atoms. The number of hydrogen-bond donors (Lipinski definition) is 2. The molecule has 1 saturated carbocycles. The predicted molar refractivity (Wildman–Crippen MR) is 56.8 cm³/mol. The molecule has 0 radical (unpaired) electrons. The average molecular weight is 270 g/mol. The van der Waals surface area contributed by atoms with Crippen LogP contribution in [0.2, 0.25) is 19.6 Å². The van der Waals surface area contributed by atoms with Crippen LogP contribution in [0.25, 0.3) is 0 Å². The number of rotatable bonds is 4. The fourth-order valence-electron chi connectivity index (χ4n) is 1.82. The summed E-state index contributed by atoms with van der Waals surface area (Å²) in [5.41, 5.74) is 0. The van der Waals surface area contributed by atoms with Gasteiger partial charge in [-0.25, -0.2) is 0 Å². The van der Waals surface area contributed by atoms with Crippen LogP contribution in [0.4, 0.5) is 0 Å². The van der Waals surface area contributed by atoms with Crippen molar-refractivity contribution >= 4 is 8.32 Å². The molecule has 2 N–H and O–H groups in total. The Morgan fingerprint density at radius 3 is 2.07 bits per heavy atom. The topological polar surface area (TPSA) is 58.9 Å². The summed E-state index contributed by atoms with van der Waals surface area (Å²) in [5, 5.41) is 0. The summed E-state index contributed by atoms with van der Waals surface area (Å²) in [4.78, 5) is 0. The molecule has 4 nitrogen and oxygen atoms in total. The van der Waals surface area contributed by atoms with Crippen molar-refractivity contribution in [2.24, 2.45) is 0 Å². The monoisotopic (exact) mass is 270 g/mol. The molecule has 0 bridgehead atoms. The van der Waals surface area contributed by atoms with Crippen molar-refractivity contribution in [1.82, 2.24) is 0 Å². The zero-order valence-electron chi connectivity index (χ0n) is 9.82. The summed E-state index contributed by atoms with van der Waals surface area (Å²) in [5.74, 6) is 0. The first-order valence-corrected chi connectivity index (χ1v) is 11.7. The van der Waals surface area contributed by atoms with E-state index >= 15 is 0 Å². The van der Waals surface area contributed by atoms with Crippen molar-refractivity contribution in [3.63, 3.8) is 0 Å². The fourth-order valence-corrected chi connectivity index (χ4v) is 7.68. The summed E-state index contributed by atoms with van der Waals surface area (Å²) in [6.07, 6.45) is 5.34. The van der Waals surface area contributed by atoms with Gasteiger partial charge in [0.05, 0.1) is 0 Å². The summed E-state index contributed by atoms with van der Waals surface area (Å²) in [6, 6.07) is 0. The van der Waals surface area contributed by atoms with E-state index < -0.39 is 26.5 Å². The molecule has 0 aromatic heterocycles. The van der Waals surface area contributed by atoms with E-state index in [0.717, 1.165) is 25.7 Å². The Morgan fingerprint density at radius 1 is 1.07 bits per heavy atom. The Morgan fingerprint density at radius 2 is 1.60 bits per heavy atom. The molecule has 0 aromatic rings. The Bertz CT molecular complexity index is 199. The van der Waals surface area contributed by atoms with Crippen molar-refractivity contribution in [3.05, 3.63) is 0 Å². The standard InChI is InChI=1S/C6H11O.C3H9OSi.2H2O.Ti/c7-6-4-2-1-3-5-6;1-5(2,3)4;;;/h6H,1-5H2;1-3H3;2*1H2;/q2*-1;;;+4/p-2. The molecule has 1 aliphatic rings. The van der Waals surface area contributed by atoms with Crippen LogP contribution >= 0.6 is 0 Å². The molecule has 0 heterocycles. The fraction of sp³-hybridized carbons (Fsp3) is 1.00. The first kappa shape index (κ1) is 13.8. The molecule has 6 heteroatoms. The Hall–Kier alpha value is 0.771. The minimum atomic E-state index is -4.38. The Labute approximate surface area is 98.0 Å². The van der Waals surface area contributed by atoms with Crippen LogP contribution in [0.1, 0.15) is 32.1 Å². The van der Waals surface area contributed by atoms with E-state index in [0.29, 0.717) is 0 Å². The second kappa shape index (κ2) is 5.40. The van der Waals surface area contributed by atoms with Crippen LogP contribution in [0, 0.1) is 0 Å². The molecular formula is C9H22O4SiTi. The van der Waals surface area contributed by atoms with Crippen LogP contribution in [-0.2, 0) is 24.5 Å². The van der Waals surface area contributed by atoms with E-state index in [1.54, 1.807) is 0 Å². The van der Waals surface area contributed by atoms with Gasteiger partial charge in [0.25, 0.3) is 0 Å². The molecule has 1 aliphatic carbocycles. The van der Waals surface area contributed by atoms with E-state index in [4.69, 9.17) is 6.33 Å². The first-order valence-electron chi connectivity index (χ1n) is 5.61. The molecule has 90 valence electrons. The molecule has 0 saturated heterocycles. The van der Waals surface area contributed by atoms with Gasteiger partial charge in [0.1, 0.15) is 0 Å². The molecule has 0 aromatic carbocycles. The minimum absolute atomic E-state index is 0.00472. The molecular weight excluding hydrogens is 248 g/mol. The molecule has 0 atom stereocenters. The van der Waals surface area contributed by atoms with Gasteiger partial charge in [-0.15, -0.1) is 0 Å². The van der Waals surface area contributed by atoms with Gasteiger partial charge in [-0.1, -0.05) is 0 Å². The number of hydrogen-bond acceptors (Lipinski definition) is 4. The van der Waals surface area contributed by atoms with Gasteiger partial charge in [0, 0.05) is 0 Å². The van der Waals surface area contributed by atoms with Crippen LogP contribution in [0.5, 0.6) is 0 Å². The molecule has 0 aliphatic heterocycles. The maximum absolute atomic E-state index is 9.74. The molecule has 0 amide bonds. The van der Waals surface area contributed by atoms with Gasteiger partial charge >= 0.3 is 98.0 Å². The summed E-state index contributed by atoms with van der Waals surface area (Å²) >= 11 is -4.38. The van der Waals surface area contributed by atoms with Gasteiger partial charge in [0.2, 0.25) is 0 Å². The quantitative estimate of drug-likeness (QED) is 0.767. The normalized spacial score (nSPS) is 20.6. The molecule has 1 fully saturated rings. The molecule has 0 unspecified atom stereocenters. The van der Waals surface area contributed by atoms with Gasteiger partial charge in [-0.3, -0.25) is 0 Å². The van der Waals surface area contributed by atoms with Crippen molar-refractivity contribution in [1.29, 1.82) is 0 Å². The van der Waals surface area contributed by atoms with Gasteiger partial charge < -0.3 is 0 Å². The van der Waals surface area contributed by atoms with Crippen LogP contribution in [-0.4, -0.2) is 21.8 Å². The SMILES string of the molecule is C[Si](C)(C)[O][Ti]([OH])([OH])[O]C1CCCCC1. The second-order valence-corrected chi connectivity index (χ2v) is 12.6. The Kier molecular flexibility index (Phi) is 4.98. The molecule has 1 rings (SSSR count). The van der Waals surface area contributed by atoms with E-state index in [2.05, 4.69) is 0 Å².